The third-order valence-corrected chi connectivity index (χ3v) is 4.95. The summed E-state index contributed by atoms with van der Waals surface area (Å²) in [6, 6.07) is 7.80. The first kappa shape index (κ1) is 36.6. The molecule has 2 heterocycles. The number of pyridine rings is 2. The number of hydrogen-bond acceptors (Lipinski definition) is 12. The highest BCUT2D eigenvalue weighted by atomic mass is 16.5. The Bertz CT molecular complexity index is 870. The summed E-state index contributed by atoms with van der Waals surface area (Å²) in [4.78, 5) is 28.4. The molecule has 2 aromatic rings. The van der Waals surface area contributed by atoms with Gasteiger partial charge >= 0.3 is 11.9 Å². The topological polar surface area (TPSA) is 224 Å². The summed E-state index contributed by atoms with van der Waals surface area (Å²) in [5, 5.41) is 57.6. The van der Waals surface area contributed by atoms with Crippen molar-refractivity contribution in [3.05, 3.63) is 48.0 Å². The van der Waals surface area contributed by atoms with Crippen molar-refractivity contribution < 1.29 is 49.7 Å². The second-order valence-corrected chi connectivity index (χ2v) is 8.43. The van der Waals surface area contributed by atoms with Crippen molar-refractivity contribution in [1.29, 1.82) is 0 Å². The first-order valence-corrected chi connectivity index (χ1v) is 12.5. The van der Waals surface area contributed by atoms with Gasteiger partial charge in [-0.05, 0) is 78.1 Å². The van der Waals surface area contributed by atoms with Gasteiger partial charge in [0, 0.05) is 11.4 Å². The van der Waals surface area contributed by atoms with Crippen LogP contribution in [0, 0.1) is 13.8 Å². The zero-order chi connectivity index (χ0) is 30.5. The van der Waals surface area contributed by atoms with E-state index in [2.05, 4.69) is 20.6 Å². The van der Waals surface area contributed by atoms with Crippen molar-refractivity contribution >= 4 is 11.9 Å². The molecule has 0 aromatic carbocycles. The molecule has 0 saturated carbocycles. The molecule has 226 valence electrons. The van der Waals surface area contributed by atoms with Crippen LogP contribution in [0.3, 0.4) is 0 Å². The number of carboxylic acids is 2. The number of aryl methyl sites for hydroxylation is 2. The van der Waals surface area contributed by atoms with Crippen molar-refractivity contribution in [2.24, 2.45) is 0 Å². The summed E-state index contributed by atoms with van der Waals surface area (Å²) >= 11 is 0. The van der Waals surface area contributed by atoms with E-state index in [1.807, 2.05) is 52.2 Å². The van der Waals surface area contributed by atoms with E-state index >= 15 is 0 Å². The standard InChI is InChI=1S/2C10H16N2O.C6H10O8/c2*1-9-4-5-10(8-12-9)13-7-3-6-11-2;7-1(3(9)5(11)12)2(8)4(10)6(13)14/h2*4-5,8,11H,3,6-7H2,1-2H3;1-4,7-10H,(H,11,12)(H,13,14)/t;;1-,2+,3+,4-. The summed E-state index contributed by atoms with van der Waals surface area (Å²) in [5.41, 5.74) is 2.03. The molecular weight excluding hydrogens is 528 g/mol. The number of nitrogens with zero attached hydrogens (tertiary/aromatic N) is 2. The number of ether oxygens (including phenoxy) is 2. The molecule has 0 unspecified atom stereocenters. The molecule has 14 nitrogen and oxygen atoms in total. The zero-order valence-corrected chi connectivity index (χ0v) is 23.2. The van der Waals surface area contributed by atoms with E-state index in [1.165, 1.54) is 0 Å². The minimum Gasteiger partial charge on any atom is -0.492 e. The van der Waals surface area contributed by atoms with Crippen molar-refractivity contribution in [2.45, 2.75) is 51.1 Å². The first-order chi connectivity index (χ1) is 18.9. The predicted octanol–water partition coefficient (Wildman–Crippen LogP) is -0.644. The van der Waals surface area contributed by atoms with Crippen molar-refractivity contribution in [3.63, 3.8) is 0 Å². The average molecular weight is 571 g/mol. The number of aliphatic carboxylic acids is 2. The van der Waals surface area contributed by atoms with Crippen molar-refractivity contribution in [1.82, 2.24) is 20.6 Å². The van der Waals surface area contributed by atoms with Crippen LogP contribution in [-0.4, -0.2) is 117 Å². The Morgan fingerprint density at radius 2 is 1.07 bits per heavy atom. The lowest BCUT2D eigenvalue weighted by Crippen LogP contribution is -2.49. The molecule has 0 saturated heterocycles. The highest BCUT2D eigenvalue weighted by Gasteiger charge is 2.37. The largest absolute Gasteiger partial charge is 0.492 e. The maximum Gasteiger partial charge on any atom is 0.335 e. The normalized spacial score (nSPS) is 13.3. The van der Waals surface area contributed by atoms with Gasteiger partial charge in [0.15, 0.2) is 12.2 Å². The number of nitrogens with one attached hydrogen (secondary N) is 2. The van der Waals surface area contributed by atoms with E-state index in [0.717, 1.165) is 62.0 Å². The second-order valence-electron chi connectivity index (χ2n) is 8.43. The van der Waals surface area contributed by atoms with Gasteiger partial charge in [0.05, 0.1) is 25.6 Å². The van der Waals surface area contributed by atoms with E-state index in [-0.39, 0.29) is 0 Å². The number of rotatable bonds is 15. The van der Waals surface area contributed by atoms with Crippen LogP contribution < -0.4 is 20.1 Å². The molecule has 40 heavy (non-hydrogen) atoms. The minimum absolute atomic E-state index is 0.742. The maximum atomic E-state index is 10.1. The van der Waals surface area contributed by atoms with Gasteiger partial charge in [-0.25, -0.2) is 9.59 Å². The SMILES string of the molecule is CNCCCOc1ccc(C)nc1.CNCCCOc1ccc(C)nc1.O=C(O)[C@@H](O)[C@H](O)[C@H](O)[C@@H](O)C(=O)O. The van der Waals surface area contributed by atoms with Crippen LogP contribution in [0.1, 0.15) is 24.2 Å². The van der Waals surface area contributed by atoms with Crippen LogP contribution in [0.15, 0.2) is 36.7 Å². The summed E-state index contributed by atoms with van der Waals surface area (Å²) in [6.07, 6.45) is -3.73. The average Bonchev–Trinajstić information content (AvgIpc) is 2.94. The Morgan fingerprint density at radius 3 is 1.32 bits per heavy atom. The number of hydrogen-bond donors (Lipinski definition) is 8. The van der Waals surface area contributed by atoms with Crippen LogP contribution in [0.5, 0.6) is 11.5 Å². The highest BCUT2D eigenvalue weighted by molar-refractivity contribution is 5.75. The number of carboxylic acid groups (broad SMARTS) is 2. The molecule has 0 aliphatic rings. The maximum absolute atomic E-state index is 10.1. The molecule has 0 fully saturated rings. The van der Waals surface area contributed by atoms with Crippen LogP contribution in [0.2, 0.25) is 0 Å². The lowest BCUT2D eigenvalue weighted by Gasteiger charge is -2.21. The van der Waals surface area contributed by atoms with E-state index in [0.29, 0.717) is 0 Å². The molecule has 0 bridgehead atoms. The number of carbonyl (C=O) groups is 2. The molecule has 0 amide bonds. The Hall–Kier alpha value is -3.40. The van der Waals surface area contributed by atoms with Gasteiger partial charge in [0.2, 0.25) is 0 Å². The molecule has 2 rings (SSSR count). The van der Waals surface area contributed by atoms with Gasteiger partial charge < -0.3 is 50.7 Å². The van der Waals surface area contributed by atoms with E-state index in [1.54, 1.807) is 12.4 Å². The fraction of sp³-hybridized carbons (Fsp3) is 0.538. The van der Waals surface area contributed by atoms with Gasteiger partial charge in [0.1, 0.15) is 23.7 Å². The van der Waals surface area contributed by atoms with Crippen LogP contribution in [-0.2, 0) is 9.59 Å². The van der Waals surface area contributed by atoms with E-state index in [4.69, 9.17) is 40.1 Å². The lowest BCUT2D eigenvalue weighted by molar-refractivity contribution is -0.172. The molecule has 0 spiro atoms. The minimum atomic E-state index is -2.36. The second kappa shape index (κ2) is 21.4. The lowest BCUT2D eigenvalue weighted by atomic mass is 10.0. The van der Waals surface area contributed by atoms with Gasteiger partial charge in [-0.1, -0.05) is 0 Å². The van der Waals surface area contributed by atoms with Crippen LogP contribution in [0.25, 0.3) is 0 Å². The van der Waals surface area contributed by atoms with Gasteiger partial charge in [-0.3, -0.25) is 9.97 Å². The Kier molecular flexibility index (Phi) is 19.6. The van der Waals surface area contributed by atoms with Gasteiger partial charge in [-0.2, -0.15) is 0 Å². The van der Waals surface area contributed by atoms with Crippen molar-refractivity contribution in [2.75, 3.05) is 40.4 Å². The fourth-order valence-corrected chi connectivity index (χ4v) is 2.62. The summed E-state index contributed by atoms with van der Waals surface area (Å²) in [6.45, 7) is 7.38. The zero-order valence-electron chi connectivity index (χ0n) is 23.2. The first-order valence-electron chi connectivity index (χ1n) is 12.5. The highest BCUT2D eigenvalue weighted by Crippen LogP contribution is 2.09. The Morgan fingerprint density at radius 1 is 0.725 bits per heavy atom. The number of aliphatic hydroxyl groups is 4. The third-order valence-electron chi connectivity index (χ3n) is 4.95. The van der Waals surface area contributed by atoms with Gasteiger partial charge in [-0.15, -0.1) is 0 Å². The summed E-state index contributed by atoms with van der Waals surface area (Å²) < 4.78 is 10.9. The van der Waals surface area contributed by atoms with Crippen molar-refractivity contribution in [3.8, 4) is 11.5 Å². The third kappa shape index (κ3) is 16.5. The number of aromatic nitrogens is 2. The number of aliphatic hydroxyl groups excluding tert-OH is 4. The molecule has 0 radical (unpaired) electrons. The molecule has 0 aliphatic heterocycles. The molecular formula is C26H42N4O10. The summed E-state index contributed by atoms with van der Waals surface area (Å²) in [7, 11) is 3.88. The van der Waals surface area contributed by atoms with Crippen LogP contribution >= 0.6 is 0 Å². The monoisotopic (exact) mass is 570 g/mol. The van der Waals surface area contributed by atoms with E-state index in [9.17, 15) is 9.59 Å². The molecule has 2 aromatic heterocycles. The smallest absolute Gasteiger partial charge is 0.335 e. The molecule has 4 atom stereocenters. The Labute approximate surface area is 233 Å². The predicted molar refractivity (Wildman–Crippen MR) is 145 cm³/mol. The molecule has 0 aliphatic carbocycles. The molecule has 8 N–H and O–H groups in total. The van der Waals surface area contributed by atoms with Crippen LogP contribution in [0.4, 0.5) is 0 Å². The van der Waals surface area contributed by atoms with E-state index < -0.39 is 36.4 Å². The fourth-order valence-electron chi connectivity index (χ4n) is 2.62. The van der Waals surface area contributed by atoms with Gasteiger partial charge in [0.25, 0.3) is 0 Å². The Balaban J connectivity index is 0.000000571. The summed E-state index contributed by atoms with van der Waals surface area (Å²) in [5.74, 6) is -1.98. The molecule has 14 heteroatoms. The quantitative estimate of drug-likeness (QED) is 0.125.